The van der Waals surface area contributed by atoms with E-state index in [4.69, 9.17) is 11.6 Å². The van der Waals surface area contributed by atoms with Gasteiger partial charge in [-0.25, -0.2) is 0 Å². The summed E-state index contributed by atoms with van der Waals surface area (Å²) in [6.45, 7) is 0. The van der Waals surface area contributed by atoms with Gasteiger partial charge in [-0.05, 0) is 0 Å². The Morgan fingerprint density at radius 1 is 1.78 bits per heavy atom. The molecule has 5 heteroatoms. The molecule has 0 amide bonds. The summed E-state index contributed by atoms with van der Waals surface area (Å²) in [7, 11) is 1.81. The van der Waals surface area contributed by atoms with Gasteiger partial charge < -0.3 is 0 Å². The van der Waals surface area contributed by atoms with Crippen LogP contribution in [0, 0.1) is 0 Å². The Morgan fingerprint density at radius 3 is 2.67 bits per heavy atom. The lowest BCUT2D eigenvalue weighted by Gasteiger charge is -1.88. The summed E-state index contributed by atoms with van der Waals surface area (Å²) in [4.78, 5) is 0. The Balaban J connectivity index is 0.000000640. The maximum Gasteiger partial charge on any atom is 0.0737 e. The molecule has 0 aliphatic heterocycles. The molecule has 0 atom stereocenters. The van der Waals surface area contributed by atoms with Gasteiger partial charge in [-0.1, -0.05) is 5.21 Å². The van der Waals surface area contributed by atoms with Crippen molar-refractivity contribution in [3.63, 3.8) is 0 Å². The summed E-state index contributed by atoms with van der Waals surface area (Å²) < 4.78 is 1.65. The number of hydrogen-bond acceptors (Lipinski definition) is 2. The molecule has 0 unspecified atom stereocenters. The van der Waals surface area contributed by atoms with E-state index in [1.807, 2.05) is 7.05 Å². The third-order valence-electron chi connectivity index (χ3n) is 0.945. The fourth-order valence-corrected chi connectivity index (χ4v) is 0.674. The van der Waals surface area contributed by atoms with Gasteiger partial charge in [0, 0.05) is 7.05 Å². The van der Waals surface area contributed by atoms with Crippen molar-refractivity contribution in [1.82, 2.24) is 15.0 Å². The summed E-state index contributed by atoms with van der Waals surface area (Å²) in [5.74, 6) is 0.476. The normalized spacial score (nSPS) is 8.67. The smallest absolute Gasteiger partial charge is 0.0737 e. The maximum absolute atomic E-state index is 5.47. The number of aryl methyl sites for hydroxylation is 1. The summed E-state index contributed by atoms with van der Waals surface area (Å²) >= 11 is 5.47. The first-order chi connectivity index (χ1) is 3.84. The van der Waals surface area contributed by atoms with Crippen LogP contribution in [-0.4, -0.2) is 15.0 Å². The highest BCUT2D eigenvalue weighted by Gasteiger charge is 1.93. The van der Waals surface area contributed by atoms with E-state index in [1.165, 1.54) is 0 Å². The molecule has 1 aromatic rings. The molecule has 1 heterocycles. The maximum atomic E-state index is 5.47. The van der Waals surface area contributed by atoms with Gasteiger partial charge in [-0.15, -0.1) is 29.1 Å². The number of halogens is 2. The minimum atomic E-state index is 0. The fourth-order valence-electron chi connectivity index (χ4n) is 0.432. The van der Waals surface area contributed by atoms with Crippen molar-refractivity contribution in [2.45, 2.75) is 5.88 Å². The lowest BCUT2D eigenvalue weighted by Crippen LogP contribution is -1.94. The van der Waals surface area contributed by atoms with E-state index in [-0.39, 0.29) is 12.4 Å². The van der Waals surface area contributed by atoms with Crippen molar-refractivity contribution in [2.75, 3.05) is 0 Å². The third-order valence-corrected chi connectivity index (χ3v) is 1.22. The van der Waals surface area contributed by atoms with Crippen LogP contribution in [0.2, 0.25) is 0 Å². The zero-order chi connectivity index (χ0) is 5.98. The first-order valence-electron chi connectivity index (χ1n) is 2.24. The Kier molecular flexibility index (Phi) is 3.58. The molecule has 0 saturated carbocycles. The quantitative estimate of drug-likeness (QED) is 0.585. The van der Waals surface area contributed by atoms with E-state index in [0.29, 0.717) is 5.88 Å². The highest BCUT2D eigenvalue weighted by atomic mass is 35.5. The number of alkyl halides is 1. The summed E-state index contributed by atoms with van der Waals surface area (Å²) in [6, 6.07) is 0. The molecule has 0 aromatic carbocycles. The summed E-state index contributed by atoms with van der Waals surface area (Å²) in [6.07, 6.45) is 1.65. The van der Waals surface area contributed by atoms with E-state index in [0.717, 1.165) is 5.69 Å². The fraction of sp³-hybridized carbons (Fsp3) is 0.500. The highest BCUT2D eigenvalue weighted by Crippen LogP contribution is 1.96. The predicted molar refractivity (Wildman–Crippen MR) is 37.8 cm³/mol. The van der Waals surface area contributed by atoms with E-state index in [9.17, 15) is 0 Å². The Morgan fingerprint density at radius 2 is 2.44 bits per heavy atom. The molecule has 0 spiro atoms. The van der Waals surface area contributed by atoms with E-state index >= 15 is 0 Å². The van der Waals surface area contributed by atoms with E-state index in [2.05, 4.69) is 10.3 Å². The molecule has 52 valence electrons. The van der Waals surface area contributed by atoms with E-state index in [1.54, 1.807) is 10.9 Å². The number of rotatable bonds is 1. The number of hydrogen-bond donors (Lipinski definition) is 0. The van der Waals surface area contributed by atoms with Crippen LogP contribution < -0.4 is 0 Å². The lowest BCUT2D eigenvalue weighted by molar-refractivity contribution is 0.693. The van der Waals surface area contributed by atoms with Crippen LogP contribution in [0.1, 0.15) is 5.69 Å². The van der Waals surface area contributed by atoms with Gasteiger partial charge in [-0.2, -0.15) is 0 Å². The van der Waals surface area contributed by atoms with Gasteiger partial charge in [0.15, 0.2) is 0 Å². The second-order valence-electron chi connectivity index (χ2n) is 1.48. The Bertz CT molecular complexity index is 174. The molecule has 0 saturated heterocycles. The zero-order valence-corrected chi connectivity index (χ0v) is 6.48. The SMILES string of the molecule is Cl.Cn1nncc1CCl. The molecule has 1 aromatic heterocycles. The van der Waals surface area contributed by atoms with Crippen LogP contribution in [0.4, 0.5) is 0 Å². The minimum absolute atomic E-state index is 0. The molecular formula is C4H7Cl2N3. The molecule has 0 fully saturated rings. The van der Waals surface area contributed by atoms with Crippen molar-refractivity contribution in [3.05, 3.63) is 11.9 Å². The molecule has 0 N–H and O–H groups in total. The van der Waals surface area contributed by atoms with Crippen molar-refractivity contribution < 1.29 is 0 Å². The number of nitrogens with zero attached hydrogens (tertiary/aromatic N) is 3. The number of aromatic nitrogens is 3. The van der Waals surface area contributed by atoms with Gasteiger partial charge in [0.05, 0.1) is 17.8 Å². The molecule has 0 radical (unpaired) electrons. The molecule has 3 nitrogen and oxygen atoms in total. The van der Waals surface area contributed by atoms with E-state index < -0.39 is 0 Å². The van der Waals surface area contributed by atoms with Crippen molar-refractivity contribution in [3.8, 4) is 0 Å². The van der Waals surface area contributed by atoms with Gasteiger partial charge in [-0.3, -0.25) is 4.68 Å². The Hall–Kier alpha value is -0.280. The van der Waals surface area contributed by atoms with Crippen molar-refractivity contribution in [1.29, 1.82) is 0 Å². The van der Waals surface area contributed by atoms with Crippen molar-refractivity contribution >= 4 is 24.0 Å². The lowest BCUT2D eigenvalue weighted by atomic mass is 10.5. The average Bonchev–Trinajstić information content (AvgIpc) is 2.14. The third kappa shape index (κ3) is 1.84. The first-order valence-corrected chi connectivity index (χ1v) is 2.77. The van der Waals surface area contributed by atoms with Crippen LogP contribution in [-0.2, 0) is 12.9 Å². The molecule has 1 rings (SSSR count). The monoisotopic (exact) mass is 167 g/mol. The average molecular weight is 168 g/mol. The van der Waals surface area contributed by atoms with Gasteiger partial charge in [0.25, 0.3) is 0 Å². The summed E-state index contributed by atoms with van der Waals surface area (Å²) in [5, 5.41) is 7.29. The predicted octanol–water partition coefficient (Wildman–Crippen LogP) is 0.976. The van der Waals surface area contributed by atoms with Crippen LogP contribution in [0.3, 0.4) is 0 Å². The van der Waals surface area contributed by atoms with Crippen LogP contribution >= 0.6 is 24.0 Å². The van der Waals surface area contributed by atoms with Crippen molar-refractivity contribution in [2.24, 2.45) is 7.05 Å². The second kappa shape index (κ2) is 3.69. The van der Waals surface area contributed by atoms with Crippen LogP contribution in [0.5, 0.6) is 0 Å². The standard InChI is InChI=1S/C4H6ClN3.ClH/c1-8-4(2-5)3-6-7-8;/h3H,2H2,1H3;1H. The molecular weight excluding hydrogens is 161 g/mol. The van der Waals surface area contributed by atoms with Gasteiger partial charge >= 0.3 is 0 Å². The second-order valence-corrected chi connectivity index (χ2v) is 1.75. The van der Waals surface area contributed by atoms with Crippen LogP contribution in [0.15, 0.2) is 6.20 Å². The minimum Gasteiger partial charge on any atom is -0.251 e. The first kappa shape index (κ1) is 8.72. The molecule has 9 heavy (non-hydrogen) atoms. The van der Waals surface area contributed by atoms with Gasteiger partial charge in [0.1, 0.15) is 0 Å². The largest absolute Gasteiger partial charge is 0.251 e. The van der Waals surface area contributed by atoms with Gasteiger partial charge in [0.2, 0.25) is 0 Å². The van der Waals surface area contributed by atoms with Crippen LogP contribution in [0.25, 0.3) is 0 Å². The molecule has 0 aliphatic rings. The molecule has 0 aliphatic carbocycles. The molecule has 0 bridgehead atoms. The topological polar surface area (TPSA) is 30.7 Å². The Labute approximate surface area is 64.4 Å². The zero-order valence-electron chi connectivity index (χ0n) is 4.91. The summed E-state index contributed by atoms with van der Waals surface area (Å²) in [5.41, 5.74) is 0.937. The highest BCUT2D eigenvalue weighted by molar-refractivity contribution is 6.16.